The molecule has 0 bridgehead atoms. The van der Waals surface area contributed by atoms with Crippen LogP contribution in [0.15, 0.2) is 24.3 Å². The molecule has 17 heavy (non-hydrogen) atoms. The van der Waals surface area contributed by atoms with Gasteiger partial charge in [0.05, 0.1) is 0 Å². The predicted octanol–water partition coefficient (Wildman–Crippen LogP) is 3.53. The molecule has 1 heterocycles. The first kappa shape index (κ1) is 13.0. The molecule has 0 radical (unpaired) electrons. The minimum absolute atomic E-state index is 0.258. The summed E-state index contributed by atoms with van der Waals surface area (Å²) in [5.41, 5.74) is 3.17. The Labute approximate surface area is 110 Å². The molecule has 0 aromatic heterocycles. The zero-order valence-electron chi connectivity index (χ0n) is 11.2. The molecule has 2 rings (SSSR count). The summed E-state index contributed by atoms with van der Waals surface area (Å²) in [5, 5.41) is 0. The maximum absolute atomic E-state index is 2.57. The largest absolute Gasteiger partial charge is 0.297 e. The van der Waals surface area contributed by atoms with Crippen molar-refractivity contribution in [3.05, 3.63) is 35.4 Å². The number of nitrogens with zero attached hydrogens (tertiary/aromatic N) is 1. The zero-order chi connectivity index (χ0) is 12.3. The lowest BCUT2D eigenvalue weighted by atomic mass is 9.86. The highest BCUT2D eigenvalue weighted by atomic mass is 32.2. The molecule has 0 unspecified atom stereocenters. The van der Waals surface area contributed by atoms with E-state index in [1.165, 1.54) is 35.7 Å². The Morgan fingerprint density at radius 1 is 1.18 bits per heavy atom. The van der Waals surface area contributed by atoms with Gasteiger partial charge in [-0.2, -0.15) is 11.8 Å². The number of hydrogen-bond donors (Lipinski definition) is 0. The lowest BCUT2D eigenvalue weighted by Crippen LogP contribution is -2.32. The van der Waals surface area contributed by atoms with Crippen LogP contribution < -0.4 is 0 Å². The van der Waals surface area contributed by atoms with E-state index in [1.807, 2.05) is 0 Å². The third kappa shape index (κ3) is 3.75. The first-order valence-corrected chi connectivity index (χ1v) is 7.61. The van der Waals surface area contributed by atoms with Crippen LogP contribution in [0.5, 0.6) is 0 Å². The second-order valence-electron chi connectivity index (χ2n) is 5.84. The first-order chi connectivity index (χ1) is 8.05. The van der Waals surface area contributed by atoms with Gasteiger partial charge in [0.25, 0.3) is 0 Å². The number of benzene rings is 1. The third-order valence-electron chi connectivity index (χ3n) is 3.30. The number of thioether (sulfide) groups is 1. The molecule has 94 valence electrons. The molecular formula is C15H23NS. The van der Waals surface area contributed by atoms with Crippen molar-refractivity contribution < 1.29 is 0 Å². The normalized spacial score (nSPS) is 18.3. The summed E-state index contributed by atoms with van der Waals surface area (Å²) in [6.07, 6.45) is 0. The van der Waals surface area contributed by atoms with Crippen LogP contribution in [0.3, 0.4) is 0 Å². The number of rotatable bonds is 2. The SMILES string of the molecule is CC(C)(C)c1cccc(CN2CCSCC2)c1. The highest BCUT2D eigenvalue weighted by Crippen LogP contribution is 2.23. The van der Waals surface area contributed by atoms with Crippen LogP contribution in [0.4, 0.5) is 0 Å². The van der Waals surface area contributed by atoms with Crippen LogP contribution >= 0.6 is 11.8 Å². The Morgan fingerprint density at radius 2 is 1.88 bits per heavy atom. The maximum Gasteiger partial charge on any atom is 0.0234 e. The van der Waals surface area contributed by atoms with Crippen LogP contribution in [0.2, 0.25) is 0 Å². The van der Waals surface area contributed by atoms with E-state index >= 15 is 0 Å². The minimum Gasteiger partial charge on any atom is -0.297 e. The molecule has 0 amide bonds. The van der Waals surface area contributed by atoms with Gasteiger partial charge < -0.3 is 0 Å². The third-order valence-corrected chi connectivity index (χ3v) is 4.25. The van der Waals surface area contributed by atoms with E-state index in [2.05, 4.69) is 61.7 Å². The summed E-state index contributed by atoms with van der Waals surface area (Å²) < 4.78 is 0. The average molecular weight is 249 g/mol. The van der Waals surface area contributed by atoms with Crippen molar-refractivity contribution in [1.29, 1.82) is 0 Å². The molecule has 1 aromatic rings. The second kappa shape index (κ2) is 5.45. The lowest BCUT2D eigenvalue weighted by molar-refractivity contribution is 0.294. The fourth-order valence-electron chi connectivity index (χ4n) is 2.15. The van der Waals surface area contributed by atoms with Crippen LogP contribution in [0.25, 0.3) is 0 Å². The van der Waals surface area contributed by atoms with Crippen molar-refractivity contribution in [2.24, 2.45) is 0 Å². The van der Waals surface area contributed by atoms with Crippen LogP contribution in [0, 0.1) is 0 Å². The van der Waals surface area contributed by atoms with Crippen molar-refractivity contribution in [2.75, 3.05) is 24.6 Å². The fourth-order valence-corrected chi connectivity index (χ4v) is 3.13. The van der Waals surface area contributed by atoms with E-state index in [9.17, 15) is 0 Å². The molecule has 1 aromatic carbocycles. The van der Waals surface area contributed by atoms with E-state index in [0.29, 0.717) is 0 Å². The van der Waals surface area contributed by atoms with Crippen molar-refractivity contribution in [3.63, 3.8) is 0 Å². The van der Waals surface area contributed by atoms with Gasteiger partial charge >= 0.3 is 0 Å². The molecule has 0 atom stereocenters. The van der Waals surface area contributed by atoms with Gasteiger partial charge in [0.1, 0.15) is 0 Å². The molecule has 0 saturated carbocycles. The van der Waals surface area contributed by atoms with Gasteiger partial charge in [-0.25, -0.2) is 0 Å². The second-order valence-corrected chi connectivity index (χ2v) is 7.06. The van der Waals surface area contributed by atoms with E-state index in [-0.39, 0.29) is 5.41 Å². The smallest absolute Gasteiger partial charge is 0.0234 e. The maximum atomic E-state index is 2.57. The standard InChI is InChI=1S/C15H23NS/c1-15(2,3)14-6-4-5-13(11-14)12-16-7-9-17-10-8-16/h4-6,11H,7-10,12H2,1-3H3. The summed E-state index contributed by atoms with van der Waals surface area (Å²) in [7, 11) is 0. The van der Waals surface area contributed by atoms with Crippen LogP contribution in [-0.2, 0) is 12.0 Å². The molecule has 0 N–H and O–H groups in total. The Bertz CT molecular complexity index is 361. The van der Waals surface area contributed by atoms with Gasteiger partial charge in [-0.05, 0) is 16.5 Å². The van der Waals surface area contributed by atoms with E-state index < -0.39 is 0 Å². The average Bonchev–Trinajstić information content (AvgIpc) is 2.29. The quantitative estimate of drug-likeness (QED) is 0.789. The Hall–Kier alpha value is -0.470. The Kier molecular flexibility index (Phi) is 4.16. The summed E-state index contributed by atoms with van der Waals surface area (Å²) in [6, 6.07) is 9.09. The zero-order valence-corrected chi connectivity index (χ0v) is 12.0. The topological polar surface area (TPSA) is 3.24 Å². The molecule has 0 spiro atoms. The Balaban J connectivity index is 2.05. The Morgan fingerprint density at radius 3 is 2.53 bits per heavy atom. The molecule has 1 nitrogen and oxygen atoms in total. The molecule has 1 aliphatic heterocycles. The fraction of sp³-hybridized carbons (Fsp3) is 0.600. The van der Waals surface area contributed by atoms with Gasteiger partial charge in [-0.15, -0.1) is 0 Å². The molecule has 0 aliphatic carbocycles. The number of hydrogen-bond acceptors (Lipinski definition) is 2. The van der Waals surface area contributed by atoms with Crippen LogP contribution in [0.1, 0.15) is 31.9 Å². The highest BCUT2D eigenvalue weighted by Gasteiger charge is 2.15. The molecule has 1 aliphatic rings. The van der Waals surface area contributed by atoms with Crippen molar-refractivity contribution in [3.8, 4) is 0 Å². The monoisotopic (exact) mass is 249 g/mol. The van der Waals surface area contributed by atoms with E-state index in [1.54, 1.807) is 0 Å². The molecular weight excluding hydrogens is 226 g/mol. The van der Waals surface area contributed by atoms with Gasteiger partial charge in [-0.1, -0.05) is 45.0 Å². The van der Waals surface area contributed by atoms with E-state index in [4.69, 9.17) is 0 Å². The predicted molar refractivity (Wildman–Crippen MR) is 77.7 cm³/mol. The van der Waals surface area contributed by atoms with Crippen molar-refractivity contribution in [1.82, 2.24) is 4.90 Å². The molecule has 2 heteroatoms. The van der Waals surface area contributed by atoms with Crippen LogP contribution in [-0.4, -0.2) is 29.5 Å². The van der Waals surface area contributed by atoms with Gasteiger partial charge in [0.2, 0.25) is 0 Å². The summed E-state index contributed by atoms with van der Waals surface area (Å²) in [4.78, 5) is 2.57. The lowest BCUT2D eigenvalue weighted by Gasteiger charge is -2.27. The summed E-state index contributed by atoms with van der Waals surface area (Å²) in [5.74, 6) is 2.58. The molecule has 1 fully saturated rings. The minimum atomic E-state index is 0.258. The summed E-state index contributed by atoms with van der Waals surface area (Å²) in [6.45, 7) is 10.4. The van der Waals surface area contributed by atoms with Crippen molar-refractivity contribution in [2.45, 2.75) is 32.7 Å². The summed E-state index contributed by atoms with van der Waals surface area (Å²) >= 11 is 2.07. The van der Waals surface area contributed by atoms with Gasteiger partial charge in [0.15, 0.2) is 0 Å². The first-order valence-electron chi connectivity index (χ1n) is 6.45. The van der Waals surface area contributed by atoms with Crippen molar-refractivity contribution >= 4 is 11.8 Å². The van der Waals surface area contributed by atoms with E-state index in [0.717, 1.165) is 6.54 Å². The molecule has 1 saturated heterocycles. The van der Waals surface area contributed by atoms with Gasteiger partial charge in [0, 0.05) is 31.1 Å². The van der Waals surface area contributed by atoms with Gasteiger partial charge in [-0.3, -0.25) is 4.90 Å². The highest BCUT2D eigenvalue weighted by molar-refractivity contribution is 7.99.